The summed E-state index contributed by atoms with van der Waals surface area (Å²) in [6.45, 7) is 4.99. The molecular formula is C19H24N4O2. The molecule has 2 heterocycles. The average molecular weight is 340 g/mol. The number of rotatable bonds is 4. The lowest BCUT2D eigenvalue weighted by molar-refractivity contribution is -0.135. The summed E-state index contributed by atoms with van der Waals surface area (Å²) in [4.78, 5) is 28.7. The molecule has 0 aliphatic carbocycles. The molecule has 6 nitrogen and oxygen atoms in total. The topological polar surface area (TPSA) is 58.4 Å². The van der Waals surface area contributed by atoms with Crippen molar-refractivity contribution in [3.8, 4) is 0 Å². The lowest BCUT2D eigenvalue weighted by atomic mass is 10.1. The number of benzene rings is 1. The van der Waals surface area contributed by atoms with Gasteiger partial charge >= 0.3 is 0 Å². The first-order valence-corrected chi connectivity index (χ1v) is 8.46. The Bertz CT molecular complexity index is 812. The normalized spacial score (nSPS) is 17.2. The van der Waals surface area contributed by atoms with E-state index in [9.17, 15) is 9.59 Å². The number of hydrogen-bond acceptors (Lipinski definition) is 3. The Balaban J connectivity index is 1.71. The number of carbonyl (C=O) groups excluding carboxylic acids is 2. The summed E-state index contributed by atoms with van der Waals surface area (Å²) < 4.78 is 1.72. The average Bonchev–Trinajstić information content (AvgIpc) is 3.15. The zero-order valence-electron chi connectivity index (χ0n) is 15.2. The maximum atomic E-state index is 12.8. The zero-order valence-corrected chi connectivity index (χ0v) is 15.2. The monoisotopic (exact) mass is 340 g/mol. The van der Waals surface area contributed by atoms with Crippen LogP contribution in [0.2, 0.25) is 0 Å². The molecule has 2 aromatic rings. The molecule has 1 saturated heterocycles. The number of nitrogens with zero attached hydrogens (tertiary/aromatic N) is 4. The van der Waals surface area contributed by atoms with Crippen LogP contribution in [0.5, 0.6) is 0 Å². The number of amides is 2. The standard InChI is InChI=1S/C19H24N4O2/c1-13-6-5-7-17(14(13)2)23-12-16(8-18(23)24)19(25)21(3)10-15-9-20-22(4)11-15/h5-7,9,11,16H,8,10,12H2,1-4H3. The summed E-state index contributed by atoms with van der Waals surface area (Å²) in [5.74, 6) is -0.277. The second-order valence-corrected chi connectivity index (χ2v) is 6.84. The minimum absolute atomic E-state index is 0.00464. The van der Waals surface area contributed by atoms with E-state index in [0.717, 1.165) is 22.4 Å². The van der Waals surface area contributed by atoms with E-state index in [4.69, 9.17) is 0 Å². The molecule has 1 atom stereocenters. The van der Waals surface area contributed by atoms with Crippen molar-refractivity contribution in [2.75, 3.05) is 18.5 Å². The van der Waals surface area contributed by atoms with Crippen LogP contribution in [0.15, 0.2) is 30.6 Å². The van der Waals surface area contributed by atoms with Crippen LogP contribution in [0.3, 0.4) is 0 Å². The fraction of sp³-hybridized carbons (Fsp3) is 0.421. The first-order valence-electron chi connectivity index (χ1n) is 8.46. The Labute approximate surface area is 148 Å². The van der Waals surface area contributed by atoms with Crippen LogP contribution in [0, 0.1) is 19.8 Å². The molecule has 0 radical (unpaired) electrons. The van der Waals surface area contributed by atoms with Crippen molar-refractivity contribution in [1.82, 2.24) is 14.7 Å². The van der Waals surface area contributed by atoms with Gasteiger partial charge in [0.15, 0.2) is 0 Å². The number of aryl methyl sites for hydroxylation is 2. The molecule has 3 rings (SSSR count). The highest BCUT2D eigenvalue weighted by Crippen LogP contribution is 2.30. The first kappa shape index (κ1) is 17.2. The summed E-state index contributed by atoms with van der Waals surface area (Å²) in [5.41, 5.74) is 4.13. The van der Waals surface area contributed by atoms with Gasteiger partial charge in [0, 0.05) is 51.1 Å². The lowest BCUT2D eigenvalue weighted by Crippen LogP contribution is -2.34. The highest BCUT2D eigenvalue weighted by Gasteiger charge is 2.37. The quantitative estimate of drug-likeness (QED) is 0.856. The highest BCUT2D eigenvalue weighted by molar-refractivity contribution is 6.00. The summed E-state index contributed by atoms with van der Waals surface area (Å²) >= 11 is 0. The summed E-state index contributed by atoms with van der Waals surface area (Å²) in [6, 6.07) is 5.94. The van der Waals surface area contributed by atoms with Crippen LogP contribution in [0.25, 0.3) is 0 Å². The predicted octanol–water partition coefficient (Wildman–Crippen LogP) is 2.05. The Morgan fingerprint density at radius 1 is 1.36 bits per heavy atom. The number of hydrogen-bond donors (Lipinski definition) is 0. The van der Waals surface area contributed by atoms with E-state index in [-0.39, 0.29) is 24.2 Å². The molecule has 2 amide bonds. The minimum atomic E-state index is -0.297. The fourth-order valence-corrected chi connectivity index (χ4v) is 3.35. The molecule has 1 unspecified atom stereocenters. The largest absolute Gasteiger partial charge is 0.341 e. The Kier molecular flexibility index (Phi) is 4.61. The van der Waals surface area contributed by atoms with Crippen LogP contribution in [-0.4, -0.2) is 40.1 Å². The molecule has 6 heteroatoms. The number of aromatic nitrogens is 2. The van der Waals surface area contributed by atoms with Gasteiger partial charge in [0.2, 0.25) is 11.8 Å². The fourth-order valence-electron chi connectivity index (χ4n) is 3.35. The smallest absolute Gasteiger partial charge is 0.228 e. The Hall–Kier alpha value is -2.63. The van der Waals surface area contributed by atoms with E-state index in [2.05, 4.69) is 5.10 Å². The zero-order chi connectivity index (χ0) is 18.1. The van der Waals surface area contributed by atoms with Crippen molar-refractivity contribution in [3.05, 3.63) is 47.3 Å². The molecule has 1 aliphatic rings. The third kappa shape index (κ3) is 3.43. The minimum Gasteiger partial charge on any atom is -0.341 e. The van der Waals surface area contributed by atoms with Gasteiger partial charge in [-0.2, -0.15) is 5.10 Å². The van der Waals surface area contributed by atoms with E-state index >= 15 is 0 Å². The molecule has 1 aliphatic heterocycles. The van der Waals surface area contributed by atoms with Gasteiger partial charge in [0.25, 0.3) is 0 Å². The van der Waals surface area contributed by atoms with Crippen LogP contribution < -0.4 is 4.90 Å². The molecule has 0 bridgehead atoms. The SMILES string of the molecule is Cc1cccc(N2CC(C(=O)N(C)Cc3cnn(C)c3)CC2=O)c1C. The van der Waals surface area contributed by atoms with E-state index in [1.54, 1.807) is 27.7 Å². The van der Waals surface area contributed by atoms with Gasteiger partial charge in [-0.25, -0.2) is 0 Å². The molecule has 25 heavy (non-hydrogen) atoms. The molecular weight excluding hydrogens is 316 g/mol. The maximum Gasteiger partial charge on any atom is 0.228 e. The van der Waals surface area contributed by atoms with E-state index < -0.39 is 0 Å². The van der Waals surface area contributed by atoms with Crippen molar-refractivity contribution >= 4 is 17.5 Å². The maximum absolute atomic E-state index is 12.8. The van der Waals surface area contributed by atoms with Crippen LogP contribution in [0.4, 0.5) is 5.69 Å². The van der Waals surface area contributed by atoms with Crippen LogP contribution in [-0.2, 0) is 23.2 Å². The van der Waals surface area contributed by atoms with Gasteiger partial charge in [-0.15, -0.1) is 0 Å². The van der Waals surface area contributed by atoms with Gasteiger partial charge in [0.05, 0.1) is 12.1 Å². The van der Waals surface area contributed by atoms with E-state index in [1.165, 1.54) is 0 Å². The van der Waals surface area contributed by atoms with Crippen molar-refractivity contribution in [2.24, 2.45) is 13.0 Å². The summed E-state index contributed by atoms with van der Waals surface area (Å²) in [6.07, 6.45) is 3.92. The van der Waals surface area contributed by atoms with Crippen molar-refractivity contribution in [1.29, 1.82) is 0 Å². The van der Waals surface area contributed by atoms with Crippen LogP contribution >= 0.6 is 0 Å². The van der Waals surface area contributed by atoms with Gasteiger partial charge in [0.1, 0.15) is 0 Å². The molecule has 132 valence electrons. The predicted molar refractivity (Wildman–Crippen MR) is 96.1 cm³/mol. The van der Waals surface area contributed by atoms with Crippen LogP contribution in [0.1, 0.15) is 23.1 Å². The van der Waals surface area contributed by atoms with Gasteiger partial charge in [-0.05, 0) is 31.0 Å². The molecule has 1 fully saturated rings. The van der Waals surface area contributed by atoms with Gasteiger partial charge < -0.3 is 9.80 Å². The molecule has 0 N–H and O–H groups in total. The summed E-state index contributed by atoms with van der Waals surface area (Å²) in [7, 11) is 3.63. The molecule has 0 saturated carbocycles. The lowest BCUT2D eigenvalue weighted by Gasteiger charge is -2.22. The molecule has 0 spiro atoms. The van der Waals surface area contributed by atoms with Crippen molar-refractivity contribution in [2.45, 2.75) is 26.8 Å². The number of carbonyl (C=O) groups is 2. The Morgan fingerprint density at radius 2 is 2.12 bits per heavy atom. The van der Waals surface area contributed by atoms with Crippen molar-refractivity contribution < 1.29 is 9.59 Å². The van der Waals surface area contributed by atoms with Gasteiger partial charge in [-0.3, -0.25) is 14.3 Å². The van der Waals surface area contributed by atoms with E-state index in [1.807, 2.05) is 45.3 Å². The first-order chi connectivity index (χ1) is 11.9. The number of anilines is 1. The van der Waals surface area contributed by atoms with Gasteiger partial charge in [-0.1, -0.05) is 12.1 Å². The molecule has 1 aromatic carbocycles. The summed E-state index contributed by atoms with van der Waals surface area (Å²) in [5, 5.41) is 4.12. The highest BCUT2D eigenvalue weighted by atomic mass is 16.2. The third-order valence-electron chi connectivity index (χ3n) is 4.90. The van der Waals surface area contributed by atoms with E-state index in [0.29, 0.717) is 13.1 Å². The third-order valence-corrected chi connectivity index (χ3v) is 4.90. The van der Waals surface area contributed by atoms with Crippen molar-refractivity contribution in [3.63, 3.8) is 0 Å². The second kappa shape index (κ2) is 6.70. The molecule has 1 aromatic heterocycles. The Morgan fingerprint density at radius 3 is 2.80 bits per heavy atom. The second-order valence-electron chi connectivity index (χ2n) is 6.84.